The first kappa shape index (κ1) is 8.97. The lowest BCUT2D eigenvalue weighted by molar-refractivity contribution is 1.38. The Bertz CT molecular complexity index is 541. The largest absolute Gasteiger partial charge is 0.352 e. The molecule has 0 aliphatic carbocycles. The van der Waals surface area contributed by atoms with E-state index in [4.69, 9.17) is 11.6 Å². The van der Waals surface area contributed by atoms with Gasteiger partial charge in [0.2, 0.25) is 10.9 Å². The minimum atomic E-state index is -0.482. The van der Waals surface area contributed by atoms with E-state index in [1.54, 1.807) is 24.3 Å². The van der Waals surface area contributed by atoms with E-state index < -0.39 is 10.9 Å². The van der Waals surface area contributed by atoms with E-state index in [2.05, 4.69) is 5.32 Å². The lowest BCUT2D eigenvalue weighted by atomic mass is 10.2. The minimum absolute atomic E-state index is 0.317. The van der Waals surface area contributed by atoms with Crippen LogP contribution in [0, 0.1) is 0 Å². The molecule has 3 nitrogen and oxygen atoms in total. The summed E-state index contributed by atoms with van der Waals surface area (Å²) in [6, 6.07) is 8.20. The van der Waals surface area contributed by atoms with E-state index in [1.165, 1.54) is 6.07 Å². The lowest BCUT2D eigenvalue weighted by Gasteiger charge is -2.06. The fraction of sp³-hybridized carbons (Fsp3) is 0. The highest BCUT2D eigenvalue weighted by molar-refractivity contribution is 6.30. The van der Waals surface area contributed by atoms with Crippen molar-refractivity contribution in [2.45, 2.75) is 0 Å². The molecule has 0 heterocycles. The Balaban J connectivity index is 2.25. The second-order valence-electron chi connectivity index (χ2n) is 2.89. The molecule has 0 spiro atoms. The molecule has 4 heteroatoms. The van der Waals surface area contributed by atoms with Gasteiger partial charge in [0.15, 0.2) is 0 Å². The summed E-state index contributed by atoms with van der Waals surface area (Å²) < 4.78 is 0. The van der Waals surface area contributed by atoms with Gasteiger partial charge in [-0.25, -0.2) is 0 Å². The van der Waals surface area contributed by atoms with Crippen molar-refractivity contribution in [1.82, 2.24) is 0 Å². The number of hydrogen-bond acceptors (Lipinski definition) is 3. The molecule has 0 aliphatic heterocycles. The van der Waals surface area contributed by atoms with Gasteiger partial charge < -0.3 is 5.32 Å². The quantitative estimate of drug-likeness (QED) is 0.763. The Morgan fingerprint density at radius 1 is 1.14 bits per heavy atom. The van der Waals surface area contributed by atoms with Gasteiger partial charge in [0.1, 0.15) is 0 Å². The zero-order chi connectivity index (χ0) is 10.1. The van der Waals surface area contributed by atoms with Crippen LogP contribution in [0.25, 0.3) is 0 Å². The Hall–Kier alpha value is -1.61. The molecule has 0 unspecified atom stereocenters. The van der Waals surface area contributed by atoms with Gasteiger partial charge in [-0.3, -0.25) is 9.59 Å². The third-order valence-electron chi connectivity index (χ3n) is 1.85. The van der Waals surface area contributed by atoms with Crippen LogP contribution in [0.4, 0.5) is 11.4 Å². The third-order valence-corrected chi connectivity index (χ3v) is 2.08. The van der Waals surface area contributed by atoms with Gasteiger partial charge >= 0.3 is 0 Å². The van der Waals surface area contributed by atoms with Gasteiger partial charge in [-0.05, 0) is 18.2 Å². The monoisotopic (exact) mass is 207 g/mol. The van der Waals surface area contributed by atoms with Crippen LogP contribution in [-0.4, -0.2) is 0 Å². The molecule has 0 saturated carbocycles. The summed E-state index contributed by atoms with van der Waals surface area (Å²) in [5, 5.41) is 3.38. The average Bonchev–Trinajstić information content (AvgIpc) is 2.17. The van der Waals surface area contributed by atoms with Crippen molar-refractivity contribution in [3.63, 3.8) is 0 Å². The molecule has 2 aromatic carbocycles. The number of halogens is 1. The standard InChI is InChI=1S/C10H6ClNO2/c11-6-2-1-3-7(4-6)12-8-5-9(13)10(8)14/h1-5,12H. The maximum Gasteiger partial charge on any atom is 0.249 e. The Morgan fingerprint density at radius 2 is 1.93 bits per heavy atom. The van der Waals surface area contributed by atoms with Crippen molar-refractivity contribution in [1.29, 1.82) is 0 Å². The molecular formula is C10H6ClNO2. The second kappa shape index (κ2) is 3.27. The summed E-state index contributed by atoms with van der Waals surface area (Å²) in [6.07, 6.45) is 0. The van der Waals surface area contributed by atoms with E-state index >= 15 is 0 Å². The van der Waals surface area contributed by atoms with E-state index in [1.807, 2.05) is 0 Å². The summed E-state index contributed by atoms with van der Waals surface area (Å²) in [5.41, 5.74) is 0.0707. The lowest BCUT2D eigenvalue weighted by Crippen LogP contribution is -2.31. The highest BCUT2D eigenvalue weighted by atomic mass is 35.5. The molecule has 14 heavy (non-hydrogen) atoms. The fourth-order valence-corrected chi connectivity index (χ4v) is 1.32. The molecule has 2 aromatic rings. The van der Waals surface area contributed by atoms with Gasteiger partial charge in [0.05, 0.1) is 5.69 Å². The summed E-state index contributed by atoms with van der Waals surface area (Å²) in [7, 11) is 0. The normalized spacial score (nSPS) is 10.4. The van der Waals surface area contributed by atoms with Crippen molar-refractivity contribution in [2.24, 2.45) is 0 Å². The molecule has 70 valence electrons. The number of benzene rings is 1. The molecule has 0 radical (unpaired) electrons. The Labute approximate surface area is 84.6 Å². The van der Waals surface area contributed by atoms with Gasteiger partial charge in [-0.2, -0.15) is 0 Å². The second-order valence-corrected chi connectivity index (χ2v) is 3.32. The van der Waals surface area contributed by atoms with Crippen molar-refractivity contribution in [3.05, 3.63) is 55.8 Å². The molecule has 0 aliphatic rings. The van der Waals surface area contributed by atoms with Crippen LogP contribution < -0.4 is 16.2 Å². The van der Waals surface area contributed by atoms with Gasteiger partial charge in [-0.15, -0.1) is 0 Å². The van der Waals surface area contributed by atoms with Crippen molar-refractivity contribution in [3.8, 4) is 0 Å². The molecule has 0 fully saturated rings. The molecule has 0 atom stereocenters. The van der Waals surface area contributed by atoms with E-state index in [0.717, 1.165) is 0 Å². The summed E-state index contributed by atoms with van der Waals surface area (Å²) in [6.45, 7) is 0. The Morgan fingerprint density at radius 3 is 2.50 bits per heavy atom. The van der Waals surface area contributed by atoms with Crippen LogP contribution in [-0.2, 0) is 0 Å². The SMILES string of the molecule is O=c1cc(Nc2cccc(Cl)c2)c1=O. The molecule has 0 aromatic heterocycles. The van der Waals surface area contributed by atoms with Crippen molar-refractivity contribution < 1.29 is 0 Å². The van der Waals surface area contributed by atoms with Crippen molar-refractivity contribution >= 4 is 23.0 Å². The van der Waals surface area contributed by atoms with Gasteiger partial charge in [-0.1, -0.05) is 17.7 Å². The van der Waals surface area contributed by atoms with Crippen LogP contribution >= 0.6 is 11.6 Å². The highest BCUT2D eigenvalue weighted by Crippen LogP contribution is 2.17. The molecule has 2 rings (SSSR count). The summed E-state index contributed by atoms with van der Waals surface area (Å²) in [5.74, 6) is 0. The molecule has 0 amide bonds. The molecule has 0 saturated heterocycles. The van der Waals surface area contributed by atoms with Crippen LogP contribution in [0.5, 0.6) is 0 Å². The number of hydrogen-bond donors (Lipinski definition) is 1. The molecular weight excluding hydrogens is 202 g/mol. The minimum Gasteiger partial charge on any atom is -0.352 e. The predicted octanol–water partition coefficient (Wildman–Crippen LogP) is 1.68. The predicted molar refractivity (Wildman–Crippen MR) is 56.1 cm³/mol. The van der Waals surface area contributed by atoms with Crippen LogP contribution in [0.2, 0.25) is 5.02 Å². The average molecular weight is 208 g/mol. The van der Waals surface area contributed by atoms with E-state index in [9.17, 15) is 9.59 Å². The maximum atomic E-state index is 10.9. The molecule has 0 bridgehead atoms. The zero-order valence-electron chi connectivity index (χ0n) is 7.08. The van der Waals surface area contributed by atoms with Gasteiger partial charge in [0.25, 0.3) is 0 Å². The zero-order valence-corrected chi connectivity index (χ0v) is 7.84. The van der Waals surface area contributed by atoms with E-state index in [0.29, 0.717) is 16.4 Å². The van der Waals surface area contributed by atoms with Crippen LogP contribution in [0.3, 0.4) is 0 Å². The first-order valence-electron chi connectivity index (χ1n) is 4.00. The van der Waals surface area contributed by atoms with Crippen molar-refractivity contribution in [2.75, 3.05) is 5.32 Å². The topological polar surface area (TPSA) is 46.2 Å². The molecule has 1 N–H and O–H groups in total. The smallest absolute Gasteiger partial charge is 0.249 e. The number of anilines is 2. The first-order chi connectivity index (χ1) is 6.66. The third kappa shape index (κ3) is 1.54. The highest BCUT2D eigenvalue weighted by Gasteiger charge is 2.08. The Kier molecular flexibility index (Phi) is 2.09. The van der Waals surface area contributed by atoms with Crippen LogP contribution in [0.15, 0.2) is 39.9 Å². The van der Waals surface area contributed by atoms with E-state index in [-0.39, 0.29) is 0 Å². The van der Waals surface area contributed by atoms with Crippen LogP contribution in [0.1, 0.15) is 0 Å². The number of rotatable bonds is 2. The number of nitrogens with one attached hydrogen (secondary N) is 1. The van der Waals surface area contributed by atoms with Gasteiger partial charge in [0, 0.05) is 16.8 Å². The maximum absolute atomic E-state index is 10.9. The fourth-order valence-electron chi connectivity index (χ4n) is 1.13. The summed E-state index contributed by atoms with van der Waals surface area (Å²) >= 11 is 5.74. The first-order valence-corrected chi connectivity index (χ1v) is 4.37. The summed E-state index contributed by atoms with van der Waals surface area (Å²) in [4.78, 5) is 21.5.